The maximum absolute atomic E-state index is 13.7. The summed E-state index contributed by atoms with van der Waals surface area (Å²) in [6.07, 6.45) is 3.97. The van der Waals surface area contributed by atoms with Gasteiger partial charge in [0.15, 0.2) is 0 Å². The van der Waals surface area contributed by atoms with Gasteiger partial charge in [0.05, 0.1) is 0 Å². The molecule has 0 N–H and O–H groups in total. The highest BCUT2D eigenvalue weighted by molar-refractivity contribution is 5.22. The van der Waals surface area contributed by atoms with Crippen molar-refractivity contribution in [1.82, 2.24) is 4.90 Å². The van der Waals surface area contributed by atoms with Gasteiger partial charge < -0.3 is 0 Å². The van der Waals surface area contributed by atoms with Crippen LogP contribution in [0.25, 0.3) is 0 Å². The molecule has 3 atom stereocenters. The standard InChI is InChI=1S/C15H26FN/c1-11(2)7-15-9-14(8-12(14)16)10-17(15)6-5-13(15,3)4/h11-12H,5-10H2,1-4H3/t12-,14+,15+/m0/s1. The van der Waals surface area contributed by atoms with E-state index in [4.69, 9.17) is 0 Å². The molecule has 0 amide bonds. The van der Waals surface area contributed by atoms with Gasteiger partial charge >= 0.3 is 0 Å². The molecule has 3 aliphatic rings. The number of hydrogen-bond donors (Lipinski definition) is 0. The number of hydrogen-bond acceptors (Lipinski definition) is 1. The molecule has 17 heavy (non-hydrogen) atoms. The maximum Gasteiger partial charge on any atom is 0.108 e. The van der Waals surface area contributed by atoms with Gasteiger partial charge in [-0.2, -0.15) is 0 Å². The molecule has 2 heterocycles. The number of nitrogens with zero attached hydrogens (tertiary/aromatic N) is 1. The third-order valence-electron chi connectivity index (χ3n) is 5.86. The predicted octanol–water partition coefficient (Wildman–Crippen LogP) is 3.64. The summed E-state index contributed by atoms with van der Waals surface area (Å²) in [6.45, 7) is 11.7. The summed E-state index contributed by atoms with van der Waals surface area (Å²) in [4.78, 5) is 2.65. The van der Waals surface area contributed by atoms with E-state index in [0.717, 1.165) is 19.4 Å². The normalized spacial score (nSPS) is 48.0. The first kappa shape index (κ1) is 12.0. The van der Waals surface area contributed by atoms with E-state index in [1.54, 1.807) is 0 Å². The molecule has 1 saturated carbocycles. The molecular formula is C15H26FN. The van der Waals surface area contributed by atoms with E-state index in [0.29, 0.717) is 16.9 Å². The molecule has 2 heteroatoms. The minimum Gasteiger partial charge on any atom is -0.296 e. The fourth-order valence-corrected chi connectivity index (χ4v) is 4.69. The molecule has 0 radical (unpaired) electrons. The van der Waals surface area contributed by atoms with Gasteiger partial charge in [-0.05, 0) is 43.6 Å². The predicted molar refractivity (Wildman–Crippen MR) is 68.7 cm³/mol. The van der Waals surface area contributed by atoms with Gasteiger partial charge in [0.2, 0.25) is 0 Å². The van der Waals surface area contributed by atoms with Crippen LogP contribution < -0.4 is 0 Å². The fourth-order valence-electron chi connectivity index (χ4n) is 4.69. The van der Waals surface area contributed by atoms with E-state index in [2.05, 4.69) is 32.6 Å². The number of halogens is 1. The molecule has 0 aromatic carbocycles. The second-order valence-electron chi connectivity index (χ2n) is 7.90. The number of alkyl halides is 1. The van der Waals surface area contributed by atoms with Crippen molar-refractivity contribution in [2.75, 3.05) is 13.1 Å². The Hall–Kier alpha value is -0.110. The molecule has 0 aromatic heterocycles. The van der Waals surface area contributed by atoms with Crippen LogP contribution >= 0.6 is 0 Å². The summed E-state index contributed by atoms with van der Waals surface area (Å²) in [5, 5.41) is 0. The number of fused-ring (bicyclic) bond motifs is 1. The molecule has 3 rings (SSSR count). The Morgan fingerprint density at radius 1 is 1.35 bits per heavy atom. The fraction of sp³-hybridized carbons (Fsp3) is 1.00. The van der Waals surface area contributed by atoms with Crippen LogP contribution in [0.2, 0.25) is 0 Å². The van der Waals surface area contributed by atoms with Crippen LogP contribution in [0.15, 0.2) is 0 Å². The van der Waals surface area contributed by atoms with Gasteiger partial charge in [0, 0.05) is 17.5 Å². The van der Waals surface area contributed by atoms with E-state index in [9.17, 15) is 4.39 Å². The molecular weight excluding hydrogens is 213 g/mol. The molecule has 1 spiro atoms. The highest BCUT2D eigenvalue weighted by atomic mass is 19.1. The molecule has 2 saturated heterocycles. The van der Waals surface area contributed by atoms with Crippen LogP contribution in [-0.2, 0) is 0 Å². The second kappa shape index (κ2) is 3.26. The first-order valence-corrected chi connectivity index (χ1v) is 7.21. The van der Waals surface area contributed by atoms with Crippen LogP contribution in [0.1, 0.15) is 53.4 Å². The molecule has 0 aromatic rings. The van der Waals surface area contributed by atoms with Crippen LogP contribution in [0, 0.1) is 16.7 Å². The average Bonchev–Trinajstić information content (AvgIpc) is 2.57. The summed E-state index contributed by atoms with van der Waals surface area (Å²) in [5.74, 6) is 0.710. The van der Waals surface area contributed by atoms with Crippen molar-refractivity contribution in [3.05, 3.63) is 0 Å². The van der Waals surface area contributed by atoms with E-state index < -0.39 is 6.17 Å². The zero-order chi connectivity index (χ0) is 12.5. The lowest BCUT2D eigenvalue weighted by Gasteiger charge is -2.44. The summed E-state index contributed by atoms with van der Waals surface area (Å²) >= 11 is 0. The van der Waals surface area contributed by atoms with Crippen molar-refractivity contribution < 1.29 is 4.39 Å². The monoisotopic (exact) mass is 239 g/mol. The van der Waals surface area contributed by atoms with Crippen molar-refractivity contribution in [3.63, 3.8) is 0 Å². The van der Waals surface area contributed by atoms with Gasteiger partial charge in [-0.1, -0.05) is 27.7 Å². The topological polar surface area (TPSA) is 3.24 Å². The van der Waals surface area contributed by atoms with Crippen molar-refractivity contribution in [2.45, 2.75) is 65.1 Å². The molecule has 3 fully saturated rings. The molecule has 0 bridgehead atoms. The Morgan fingerprint density at radius 3 is 2.53 bits per heavy atom. The van der Waals surface area contributed by atoms with Gasteiger partial charge in [-0.3, -0.25) is 4.90 Å². The average molecular weight is 239 g/mol. The molecule has 2 aliphatic heterocycles. The first-order chi connectivity index (χ1) is 7.81. The van der Waals surface area contributed by atoms with Gasteiger partial charge in [0.25, 0.3) is 0 Å². The van der Waals surface area contributed by atoms with Crippen molar-refractivity contribution in [1.29, 1.82) is 0 Å². The van der Waals surface area contributed by atoms with E-state index in [1.807, 2.05) is 0 Å². The van der Waals surface area contributed by atoms with Crippen molar-refractivity contribution >= 4 is 0 Å². The summed E-state index contributed by atoms with van der Waals surface area (Å²) in [6, 6.07) is 0. The van der Waals surface area contributed by atoms with Gasteiger partial charge in [0.1, 0.15) is 6.17 Å². The lowest BCUT2D eigenvalue weighted by molar-refractivity contribution is 0.0691. The van der Waals surface area contributed by atoms with Crippen LogP contribution in [0.4, 0.5) is 4.39 Å². The minimum atomic E-state index is -0.507. The highest BCUT2D eigenvalue weighted by Crippen LogP contribution is 2.67. The minimum absolute atomic E-state index is 0.0621. The molecule has 0 unspecified atom stereocenters. The SMILES string of the molecule is CC(C)C[C@]12C[C@]3(C[C@@H]3F)CN1CCC2(C)C. The van der Waals surface area contributed by atoms with Crippen LogP contribution in [-0.4, -0.2) is 29.7 Å². The molecule has 1 nitrogen and oxygen atoms in total. The van der Waals surface area contributed by atoms with Gasteiger partial charge in [-0.25, -0.2) is 4.39 Å². The highest BCUT2D eigenvalue weighted by Gasteiger charge is 2.70. The smallest absolute Gasteiger partial charge is 0.108 e. The Kier molecular flexibility index (Phi) is 2.29. The zero-order valence-electron chi connectivity index (χ0n) is 11.7. The molecule has 98 valence electrons. The Bertz CT molecular complexity index is 338. The van der Waals surface area contributed by atoms with Crippen LogP contribution in [0.3, 0.4) is 0 Å². The molecule has 1 aliphatic carbocycles. The lowest BCUT2D eigenvalue weighted by atomic mass is 9.66. The second-order valence-corrected chi connectivity index (χ2v) is 7.90. The summed E-state index contributed by atoms with van der Waals surface area (Å²) < 4.78 is 13.7. The van der Waals surface area contributed by atoms with Crippen molar-refractivity contribution in [3.8, 4) is 0 Å². The lowest BCUT2D eigenvalue weighted by Crippen LogP contribution is -2.48. The number of rotatable bonds is 2. The zero-order valence-corrected chi connectivity index (χ0v) is 11.7. The third-order valence-corrected chi connectivity index (χ3v) is 5.86. The Morgan fingerprint density at radius 2 is 2.00 bits per heavy atom. The third kappa shape index (κ3) is 1.46. The Labute approximate surface area is 105 Å². The Balaban J connectivity index is 1.93. The largest absolute Gasteiger partial charge is 0.296 e. The van der Waals surface area contributed by atoms with Gasteiger partial charge in [-0.15, -0.1) is 0 Å². The van der Waals surface area contributed by atoms with E-state index >= 15 is 0 Å². The quantitative estimate of drug-likeness (QED) is 0.711. The van der Waals surface area contributed by atoms with E-state index in [1.165, 1.54) is 19.4 Å². The van der Waals surface area contributed by atoms with E-state index in [-0.39, 0.29) is 5.41 Å². The summed E-state index contributed by atoms with van der Waals surface area (Å²) in [5.41, 5.74) is 0.720. The summed E-state index contributed by atoms with van der Waals surface area (Å²) in [7, 11) is 0. The maximum atomic E-state index is 13.7. The first-order valence-electron chi connectivity index (χ1n) is 7.21. The van der Waals surface area contributed by atoms with Crippen molar-refractivity contribution in [2.24, 2.45) is 16.7 Å². The van der Waals surface area contributed by atoms with Crippen LogP contribution in [0.5, 0.6) is 0 Å².